The van der Waals surface area contributed by atoms with E-state index in [1.807, 2.05) is 0 Å². The lowest BCUT2D eigenvalue weighted by molar-refractivity contribution is -0.139. The Morgan fingerprint density at radius 1 is 1.06 bits per heavy atom. The Bertz CT molecular complexity index is 1230. The molecule has 0 aromatic heterocycles. The zero-order valence-corrected chi connectivity index (χ0v) is 23.0. The second kappa shape index (κ2) is 11.9. The topological polar surface area (TPSA) is 63.2 Å². The monoisotopic (exact) mass is 683 g/mol. The number of hydrogen-bond acceptors (Lipinski definition) is 3. The van der Waals surface area contributed by atoms with Crippen LogP contribution in [-0.2, 0) is 9.84 Å². The van der Waals surface area contributed by atoms with Crippen molar-refractivity contribution >= 4 is 65.3 Å². The first-order valence-corrected chi connectivity index (χ1v) is 13.7. The van der Waals surface area contributed by atoms with Crippen molar-refractivity contribution in [3.05, 3.63) is 73.1 Å². The van der Waals surface area contributed by atoms with Gasteiger partial charge in [0.05, 0.1) is 22.3 Å². The Labute approximate surface area is 225 Å². The molecule has 0 aliphatic carbocycles. The van der Waals surface area contributed by atoms with Crippen LogP contribution >= 0.6 is 43.5 Å². The first kappa shape index (κ1) is 30.7. The van der Waals surface area contributed by atoms with Crippen LogP contribution in [0.5, 0.6) is 0 Å². The number of allylic oxidation sites excluding steroid dienone is 1. The summed E-state index contributed by atoms with van der Waals surface area (Å²) in [4.78, 5) is 12.4. The number of rotatable bonds is 8. The molecule has 2 aromatic carbocycles. The second-order valence-electron chi connectivity index (χ2n) is 7.86. The third-order valence-electron chi connectivity index (χ3n) is 4.58. The molecule has 0 aliphatic heterocycles. The van der Waals surface area contributed by atoms with Crippen molar-refractivity contribution in [3.63, 3.8) is 0 Å². The Hall–Kier alpha value is -1.57. The minimum absolute atomic E-state index is 0.0171. The third-order valence-corrected chi connectivity index (χ3v) is 7.58. The van der Waals surface area contributed by atoms with Crippen molar-refractivity contribution in [2.75, 3.05) is 11.5 Å². The van der Waals surface area contributed by atoms with E-state index in [0.717, 1.165) is 6.08 Å². The maximum absolute atomic E-state index is 13.7. The zero-order chi connectivity index (χ0) is 27.5. The summed E-state index contributed by atoms with van der Waals surface area (Å²) in [6.07, 6.45) is -7.38. The average Bonchev–Trinajstić information content (AvgIpc) is 2.63. The lowest BCUT2D eigenvalue weighted by atomic mass is 9.97. The molecule has 36 heavy (non-hydrogen) atoms. The lowest BCUT2D eigenvalue weighted by Gasteiger charge is -2.18. The largest absolute Gasteiger partial charge is 0.402 e. The summed E-state index contributed by atoms with van der Waals surface area (Å²) in [5.74, 6) is -5.75. The van der Waals surface area contributed by atoms with Gasteiger partial charge in [0.1, 0.15) is 5.75 Å². The lowest BCUT2D eigenvalue weighted by Crippen LogP contribution is -2.39. The van der Waals surface area contributed by atoms with Crippen LogP contribution in [0.25, 0.3) is 6.08 Å². The van der Waals surface area contributed by atoms with Crippen molar-refractivity contribution in [3.8, 4) is 0 Å². The van der Waals surface area contributed by atoms with Gasteiger partial charge in [-0.1, -0.05) is 61.7 Å². The standard InChI is InChI=1S/C22H18Br2ClF6NO3S/c1-12(10-36(34,35)11-21(26,27)28)32-20(33)17-4-2-13(6-19(17)25)3-5-18(22(29,30)31)14-7-15(23)9-16(24)8-14/h2-9,12,18H,10-11H2,1H3,(H,32,33)/b5-3+/t12-,18?/m1/s1. The molecule has 0 fully saturated rings. The van der Waals surface area contributed by atoms with E-state index in [2.05, 4.69) is 37.2 Å². The molecule has 0 heterocycles. The molecular formula is C22H18Br2ClF6NO3S. The molecule has 4 nitrogen and oxygen atoms in total. The van der Waals surface area contributed by atoms with Gasteiger partial charge in [-0.3, -0.25) is 4.79 Å². The van der Waals surface area contributed by atoms with Gasteiger partial charge < -0.3 is 5.32 Å². The zero-order valence-electron chi connectivity index (χ0n) is 18.2. The van der Waals surface area contributed by atoms with E-state index in [9.17, 15) is 39.6 Å². The van der Waals surface area contributed by atoms with Crippen LogP contribution in [0.3, 0.4) is 0 Å². The predicted octanol–water partition coefficient (Wildman–Crippen LogP) is 7.32. The molecule has 1 amide bonds. The van der Waals surface area contributed by atoms with E-state index >= 15 is 0 Å². The Morgan fingerprint density at radius 3 is 2.14 bits per heavy atom. The number of carbonyl (C=O) groups excluding carboxylic acids is 1. The summed E-state index contributed by atoms with van der Waals surface area (Å²) in [7, 11) is -4.52. The summed E-state index contributed by atoms with van der Waals surface area (Å²) >= 11 is 12.4. The minimum atomic E-state index is -4.91. The molecule has 1 N–H and O–H groups in total. The number of sulfone groups is 1. The normalized spacial score (nSPS) is 14.6. The SMILES string of the molecule is C[C@H](CS(=O)(=O)CC(F)(F)F)NC(=O)c1ccc(/C=C/C(c2cc(Br)cc(Br)c2)C(F)(F)F)cc1Cl. The predicted molar refractivity (Wildman–Crippen MR) is 133 cm³/mol. The van der Waals surface area contributed by atoms with Crippen molar-refractivity contribution in [2.45, 2.75) is 31.2 Å². The number of hydrogen-bond donors (Lipinski definition) is 1. The van der Waals surface area contributed by atoms with Crippen LogP contribution in [0.2, 0.25) is 5.02 Å². The van der Waals surface area contributed by atoms with Gasteiger partial charge in [0.15, 0.2) is 9.84 Å². The van der Waals surface area contributed by atoms with Crippen molar-refractivity contribution in [1.29, 1.82) is 0 Å². The maximum atomic E-state index is 13.7. The van der Waals surface area contributed by atoms with Crippen LogP contribution < -0.4 is 5.32 Å². The number of carbonyl (C=O) groups is 1. The first-order chi connectivity index (χ1) is 16.4. The molecule has 0 saturated carbocycles. The van der Waals surface area contributed by atoms with Gasteiger partial charge in [-0.2, -0.15) is 26.3 Å². The summed E-state index contributed by atoms with van der Waals surface area (Å²) in [5.41, 5.74) is 0.106. The van der Waals surface area contributed by atoms with E-state index in [0.29, 0.717) is 8.95 Å². The van der Waals surface area contributed by atoms with Gasteiger partial charge in [0.25, 0.3) is 5.91 Å². The van der Waals surface area contributed by atoms with Crippen molar-refractivity contribution in [2.24, 2.45) is 0 Å². The van der Waals surface area contributed by atoms with Crippen LogP contribution in [0.4, 0.5) is 26.3 Å². The third kappa shape index (κ3) is 9.71. The Kier molecular flexibility index (Phi) is 10.1. The van der Waals surface area contributed by atoms with Crippen molar-refractivity contribution < 1.29 is 39.6 Å². The van der Waals surface area contributed by atoms with Gasteiger partial charge in [-0.25, -0.2) is 8.42 Å². The van der Waals surface area contributed by atoms with E-state index in [4.69, 9.17) is 11.6 Å². The number of nitrogens with one attached hydrogen (secondary N) is 1. The van der Waals surface area contributed by atoms with Gasteiger partial charge in [0.2, 0.25) is 0 Å². The van der Waals surface area contributed by atoms with Gasteiger partial charge >= 0.3 is 12.4 Å². The highest BCUT2D eigenvalue weighted by Gasteiger charge is 2.39. The second-order valence-corrected chi connectivity index (χ2v) is 12.2. The van der Waals surface area contributed by atoms with Crippen molar-refractivity contribution in [1.82, 2.24) is 5.32 Å². The highest BCUT2D eigenvalue weighted by molar-refractivity contribution is 9.11. The minimum Gasteiger partial charge on any atom is -0.349 e. The molecule has 0 bridgehead atoms. The average molecular weight is 686 g/mol. The maximum Gasteiger partial charge on any atom is 0.402 e. The van der Waals surface area contributed by atoms with Crippen LogP contribution in [-0.4, -0.2) is 44.2 Å². The number of amides is 1. The highest BCUT2D eigenvalue weighted by atomic mass is 79.9. The fraction of sp³-hybridized carbons (Fsp3) is 0.318. The molecule has 2 rings (SSSR count). The fourth-order valence-electron chi connectivity index (χ4n) is 3.22. The summed E-state index contributed by atoms with van der Waals surface area (Å²) in [5, 5.41) is 2.11. The van der Waals surface area contributed by atoms with Crippen LogP contribution in [0.15, 0.2) is 51.4 Å². The summed E-state index contributed by atoms with van der Waals surface area (Å²) in [6, 6.07) is 6.89. The number of alkyl halides is 6. The van der Waals surface area contributed by atoms with E-state index < -0.39 is 51.6 Å². The van der Waals surface area contributed by atoms with Gasteiger partial charge in [-0.15, -0.1) is 0 Å². The molecule has 2 atom stereocenters. The van der Waals surface area contributed by atoms with Gasteiger partial charge in [-0.05, 0) is 48.4 Å². The fourth-order valence-corrected chi connectivity index (χ4v) is 6.29. The molecule has 0 aliphatic rings. The van der Waals surface area contributed by atoms with Gasteiger partial charge in [0, 0.05) is 15.0 Å². The highest BCUT2D eigenvalue weighted by Crippen LogP contribution is 2.38. The summed E-state index contributed by atoms with van der Waals surface area (Å²) < 4.78 is 102. The molecule has 14 heteroatoms. The molecule has 198 valence electrons. The van der Waals surface area contributed by atoms with Crippen LogP contribution in [0.1, 0.15) is 34.3 Å². The van der Waals surface area contributed by atoms with E-state index in [1.54, 1.807) is 6.07 Å². The summed E-state index contributed by atoms with van der Waals surface area (Å²) in [6.45, 7) is 1.22. The molecule has 0 radical (unpaired) electrons. The van der Waals surface area contributed by atoms with E-state index in [-0.39, 0.29) is 21.7 Å². The molecule has 2 aromatic rings. The molecule has 0 saturated heterocycles. The smallest absolute Gasteiger partial charge is 0.349 e. The quantitative estimate of drug-likeness (QED) is 0.297. The molecule has 0 spiro atoms. The molecule has 1 unspecified atom stereocenters. The Morgan fingerprint density at radius 2 is 1.64 bits per heavy atom. The number of halogens is 9. The van der Waals surface area contributed by atoms with E-state index in [1.165, 1.54) is 43.3 Å². The van der Waals surface area contributed by atoms with Crippen LogP contribution in [0, 0.1) is 0 Å². The molecular weight excluding hydrogens is 668 g/mol. The Balaban J connectivity index is 2.18. The first-order valence-electron chi connectivity index (χ1n) is 9.95. The number of benzene rings is 2.